The molecule has 0 atom stereocenters. The van der Waals surface area contributed by atoms with Crippen molar-refractivity contribution in [3.63, 3.8) is 0 Å². The van der Waals surface area contributed by atoms with E-state index in [4.69, 9.17) is 4.74 Å². The molecule has 6 heteroatoms. The third-order valence-corrected chi connectivity index (χ3v) is 3.91. The van der Waals surface area contributed by atoms with Gasteiger partial charge in [0.2, 0.25) is 5.91 Å². The first kappa shape index (κ1) is 16.1. The third-order valence-electron chi connectivity index (χ3n) is 3.91. The zero-order valence-electron chi connectivity index (χ0n) is 13.4. The van der Waals surface area contributed by atoms with E-state index in [9.17, 15) is 9.59 Å². The Morgan fingerprint density at radius 2 is 1.91 bits per heavy atom. The van der Waals surface area contributed by atoms with Crippen molar-refractivity contribution in [1.29, 1.82) is 0 Å². The number of urea groups is 1. The molecule has 6 nitrogen and oxygen atoms in total. The Bertz CT molecular complexity index is 543. The number of rotatable bonds is 6. The molecule has 0 unspecified atom stereocenters. The molecule has 22 heavy (non-hydrogen) atoms. The third kappa shape index (κ3) is 3.16. The number of anilines is 1. The van der Waals surface area contributed by atoms with Crippen LogP contribution in [0.2, 0.25) is 0 Å². The molecule has 2 rings (SSSR count). The Labute approximate surface area is 131 Å². The van der Waals surface area contributed by atoms with Crippen molar-refractivity contribution in [3.05, 3.63) is 24.3 Å². The highest BCUT2D eigenvalue weighted by Gasteiger charge is 2.32. The number of benzene rings is 1. The zero-order chi connectivity index (χ0) is 16.1. The standard InChI is InChI=1S/C16H23N3O3/c1-4-17(5-2)15(20)12-18-10-11-19(16(18)21)13-8-6-7-9-14(13)22-3/h6-9H,4-5,10-12H2,1-3H3. The fourth-order valence-corrected chi connectivity index (χ4v) is 2.65. The van der Waals surface area contributed by atoms with Gasteiger partial charge in [-0.2, -0.15) is 0 Å². The molecule has 1 saturated heterocycles. The smallest absolute Gasteiger partial charge is 0.325 e. The van der Waals surface area contributed by atoms with Crippen LogP contribution in [0.5, 0.6) is 5.75 Å². The van der Waals surface area contributed by atoms with E-state index in [-0.39, 0.29) is 18.5 Å². The second-order valence-corrected chi connectivity index (χ2v) is 5.09. The summed E-state index contributed by atoms with van der Waals surface area (Å²) in [6.07, 6.45) is 0. The van der Waals surface area contributed by atoms with Crippen LogP contribution in [-0.2, 0) is 4.79 Å². The number of hydrogen-bond acceptors (Lipinski definition) is 3. The van der Waals surface area contributed by atoms with E-state index >= 15 is 0 Å². The highest BCUT2D eigenvalue weighted by Crippen LogP contribution is 2.30. The van der Waals surface area contributed by atoms with E-state index in [0.717, 1.165) is 5.69 Å². The summed E-state index contributed by atoms with van der Waals surface area (Å²) >= 11 is 0. The van der Waals surface area contributed by atoms with Gasteiger partial charge in [-0.25, -0.2) is 4.79 Å². The Kier molecular flexibility index (Phi) is 5.25. The second-order valence-electron chi connectivity index (χ2n) is 5.09. The summed E-state index contributed by atoms with van der Waals surface area (Å²) in [5.74, 6) is 0.646. The number of ether oxygens (including phenoxy) is 1. The largest absolute Gasteiger partial charge is 0.495 e. The number of amides is 3. The number of carbonyl (C=O) groups is 2. The van der Waals surface area contributed by atoms with Gasteiger partial charge in [0, 0.05) is 26.2 Å². The normalized spacial score (nSPS) is 14.4. The number of nitrogens with zero attached hydrogens (tertiary/aromatic N) is 3. The maximum Gasteiger partial charge on any atom is 0.325 e. The lowest BCUT2D eigenvalue weighted by molar-refractivity contribution is -0.131. The summed E-state index contributed by atoms with van der Waals surface area (Å²) in [5.41, 5.74) is 0.743. The van der Waals surface area contributed by atoms with Gasteiger partial charge < -0.3 is 14.5 Å². The fourth-order valence-electron chi connectivity index (χ4n) is 2.65. The minimum absolute atomic E-state index is 0.0137. The molecule has 0 radical (unpaired) electrons. The van der Waals surface area contributed by atoms with Gasteiger partial charge in [-0.3, -0.25) is 9.69 Å². The molecule has 0 bridgehead atoms. The molecule has 1 aromatic rings. The number of carbonyl (C=O) groups excluding carboxylic acids is 2. The molecule has 0 N–H and O–H groups in total. The predicted molar refractivity (Wildman–Crippen MR) is 85.2 cm³/mol. The Morgan fingerprint density at radius 3 is 2.55 bits per heavy atom. The van der Waals surface area contributed by atoms with Crippen LogP contribution in [0.1, 0.15) is 13.8 Å². The summed E-state index contributed by atoms with van der Waals surface area (Å²) in [7, 11) is 1.58. The van der Waals surface area contributed by atoms with Crippen LogP contribution in [0.25, 0.3) is 0 Å². The van der Waals surface area contributed by atoms with Gasteiger partial charge in [-0.05, 0) is 26.0 Å². The first-order valence-corrected chi connectivity index (χ1v) is 7.59. The highest BCUT2D eigenvalue weighted by atomic mass is 16.5. The monoisotopic (exact) mass is 305 g/mol. The topological polar surface area (TPSA) is 53.1 Å². The lowest BCUT2D eigenvalue weighted by atomic mass is 10.2. The van der Waals surface area contributed by atoms with Crippen LogP contribution >= 0.6 is 0 Å². The van der Waals surface area contributed by atoms with Crippen LogP contribution in [0.4, 0.5) is 10.5 Å². The average Bonchev–Trinajstić information content (AvgIpc) is 2.89. The van der Waals surface area contributed by atoms with E-state index in [0.29, 0.717) is 31.9 Å². The van der Waals surface area contributed by atoms with E-state index in [1.807, 2.05) is 38.1 Å². The van der Waals surface area contributed by atoms with Crippen molar-refractivity contribution >= 4 is 17.6 Å². The van der Waals surface area contributed by atoms with Gasteiger partial charge in [0.05, 0.1) is 12.8 Å². The molecule has 0 aliphatic carbocycles. The van der Waals surface area contributed by atoms with Crippen molar-refractivity contribution in [2.45, 2.75) is 13.8 Å². The van der Waals surface area contributed by atoms with Crippen LogP contribution in [0.15, 0.2) is 24.3 Å². The highest BCUT2D eigenvalue weighted by molar-refractivity contribution is 5.97. The Hall–Kier alpha value is -2.24. The Balaban J connectivity index is 2.08. The van der Waals surface area contributed by atoms with Gasteiger partial charge in [0.25, 0.3) is 0 Å². The molecule has 1 aliphatic rings. The zero-order valence-corrected chi connectivity index (χ0v) is 13.4. The van der Waals surface area contributed by atoms with Crippen molar-refractivity contribution < 1.29 is 14.3 Å². The molecular weight excluding hydrogens is 282 g/mol. The van der Waals surface area contributed by atoms with Crippen LogP contribution in [-0.4, -0.2) is 61.6 Å². The molecule has 1 aliphatic heterocycles. The lowest BCUT2D eigenvalue weighted by Gasteiger charge is -2.23. The van der Waals surface area contributed by atoms with Gasteiger partial charge in [-0.15, -0.1) is 0 Å². The van der Waals surface area contributed by atoms with E-state index in [1.54, 1.807) is 21.8 Å². The van der Waals surface area contributed by atoms with E-state index < -0.39 is 0 Å². The number of methoxy groups -OCH3 is 1. The van der Waals surface area contributed by atoms with Gasteiger partial charge in [0.15, 0.2) is 0 Å². The quantitative estimate of drug-likeness (QED) is 0.805. The van der Waals surface area contributed by atoms with Crippen LogP contribution in [0, 0.1) is 0 Å². The second kappa shape index (κ2) is 7.15. The van der Waals surface area contributed by atoms with E-state index in [1.165, 1.54) is 0 Å². The van der Waals surface area contributed by atoms with Crippen molar-refractivity contribution in [2.75, 3.05) is 44.7 Å². The SMILES string of the molecule is CCN(CC)C(=O)CN1CCN(c2ccccc2OC)C1=O. The van der Waals surface area contributed by atoms with E-state index in [2.05, 4.69) is 0 Å². The number of likely N-dealkylation sites (N-methyl/N-ethyl adjacent to an activating group) is 1. The van der Waals surface area contributed by atoms with Gasteiger partial charge in [0.1, 0.15) is 12.3 Å². The first-order valence-electron chi connectivity index (χ1n) is 7.59. The van der Waals surface area contributed by atoms with Crippen LogP contribution < -0.4 is 9.64 Å². The number of para-hydroxylation sites is 2. The van der Waals surface area contributed by atoms with Crippen LogP contribution in [0.3, 0.4) is 0 Å². The van der Waals surface area contributed by atoms with Gasteiger partial charge >= 0.3 is 6.03 Å². The maximum absolute atomic E-state index is 12.5. The average molecular weight is 305 g/mol. The summed E-state index contributed by atoms with van der Waals surface area (Å²) in [6, 6.07) is 7.27. The molecule has 3 amide bonds. The molecule has 0 aromatic heterocycles. The summed E-state index contributed by atoms with van der Waals surface area (Å²) in [6.45, 7) is 6.44. The van der Waals surface area contributed by atoms with Crippen molar-refractivity contribution in [1.82, 2.24) is 9.80 Å². The maximum atomic E-state index is 12.5. The summed E-state index contributed by atoms with van der Waals surface area (Å²) in [4.78, 5) is 29.7. The minimum Gasteiger partial charge on any atom is -0.495 e. The molecule has 0 saturated carbocycles. The Morgan fingerprint density at radius 1 is 1.23 bits per heavy atom. The van der Waals surface area contributed by atoms with Crippen molar-refractivity contribution in [2.24, 2.45) is 0 Å². The molecule has 1 fully saturated rings. The molecule has 0 spiro atoms. The fraction of sp³-hybridized carbons (Fsp3) is 0.500. The summed E-state index contributed by atoms with van der Waals surface area (Å²) in [5, 5.41) is 0. The molecular formula is C16H23N3O3. The predicted octanol–water partition coefficient (Wildman–Crippen LogP) is 1.81. The molecule has 120 valence electrons. The summed E-state index contributed by atoms with van der Waals surface area (Å²) < 4.78 is 5.31. The molecule has 1 aromatic carbocycles. The van der Waals surface area contributed by atoms with Gasteiger partial charge in [-0.1, -0.05) is 12.1 Å². The minimum atomic E-state index is -0.148. The first-order chi connectivity index (χ1) is 10.6. The van der Waals surface area contributed by atoms with Crippen molar-refractivity contribution in [3.8, 4) is 5.75 Å². The lowest BCUT2D eigenvalue weighted by Crippen LogP contribution is -2.42. The molecule has 1 heterocycles. The number of hydrogen-bond donors (Lipinski definition) is 0.